The molecule has 0 atom stereocenters. The fourth-order valence-electron chi connectivity index (χ4n) is 2.17. The van der Waals surface area contributed by atoms with Crippen molar-refractivity contribution in [2.45, 2.75) is 17.8 Å². The Morgan fingerprint density at radius 2 is 2.10 bits per heavy atom. The number of hydrogen-bond donors (Lipinski definition) is 3. The lowest BCUT2D eigenvalue weighted by atomic mass is 10.1. The third-order valence-corrected chi connectivity index (χ3v) is 4.31. The molecule has 0 aliphatic rings. The van der Waals surface area contributed by atoms with E-state index in [1.807, 2.05) is 49.4 Å². The number of nitrogens with zero attached hydrogens (tertiary/aromatic N) is 1. The lowest BCUT2D eigenvalue weighted by Crippen LogP contribution is -2.11. The van der Waals surface area contributed by atoms with Gasteiger partial charge in [-0.15, -0.1) is 0 Å². The third-order valence-electron chi connectivity index (χ3n) is 3.39. The van der Waals surface area contributed by atoms with Crippen LogP contribution in [-0.4, -0.2) is 15.8 Å². The van der Waals surface area contributed by atoms with Gasteiger partial charge in [-0.3, -0.25) is 5.41 Å². The highest BCUT2D eigenvalue weighted by atomic mass is 32.2. The summed E-state index contributed by atoms with van der Waals surface area (Å²) in [5, 5.41) is 8.38. The molecule has 0 spiro atoms. The Kier molecular flexibility index (Phi) is 3.66. The van der Waals surface area contributed by atoms with Crippen molar-refractivity contribution in [3.8, 4) is 0 Å². The van der Waals surface area contributed by atoms with Crippen molar-refractivity contribution >= 4 is 28.6 Å². The largest absolute Gasteiger partial charge is 0.384 e. The summed E-state index contributed by atoms with van der Waals surface area (Å²) in [6, 6.07) is 13.9. The number of benzene rings is 2. The molecule has 0 saturated heterocycles. The summed E-state index contributed by atoms with van der Waals surface area (Å²) in [6.45, 7) is 2.04. The van der Waals surface area contributed by atoms with Gasteiger partial charge in [0.1, 0.15) is 5.84 Å². The van der Waals surface area contributed by atoms with E-state index in [1.54, 1.807) is 11.8 Å². The number of fused-ring (bicyclic) bond motifs is 1. The predicted molar refractivity (Wildman–Crippen MR) is 87.8 cm³/mol. The number of aromatic nitrogens is 2. The van der Waals surface area contributed by atoms with Crippen molar-refractivity contribution in [3.05, 3.63) is 59.2 Å². The van der Waals surface area contributed by atoms with Gasteiger partial charge in [-0.25, -0.2) is 4.98 Å². The fourth-order valence-corrected chi connectivity index (χ4v) is 3.13. The standard InChI is InChI=1S/C16H16N4S/c1-10-8-11(15(17)18)6-7-12(10)9-21-16-19-13-4-2-3-5-14(13)20-16/h2-8H,9H2,1H3,(H3,17,18)(H,19,20). The van der Waals surface area contributed by atoms with Crippen LogP contribution in [-0.2, 0) is 5.75 Å². The number of thioether (sulfide) groups is 1. The highest BCUT2D eigenvalue weighted by Crippen LogP contribution is 2.24. The molecule has 106 valence electrons. The summed E-state index contributed by atoms with van der Waals surface area (Å²) >= 11 is 1.68. The predicted octanol–water partition coefficient (Wildman–Crippen LogP) is 3.45. The molecule has 4 N–H and O–H groups in total. The van der Waals surface area contributed by atoms with E-state index < -0.39 is 0 Å². The number of aromatic amines is 1. The number of H-pyrrole nitrogens is 1. The monoisotopic (exact) mass is 296 g/mol. The maximum Gasteiger partial charge on any atom is 0.166 e. The first-order chi connectivity index (χ1) is 10.1. The quantitative estimate of drug-likeness (QED) is 0.392. The molecule has 1 heterocycles. The molecule has 0 amide bonds. The summed E-state index contributed by atoms with van der Waals surface area (Å²) in [6.07, 6.45) is 0. The zero-order chi connectivity index (χ0) is 14.8. The number of imidazole rings is 1. The first-order valence-electron chi connectivity index (χ1n) is 6.65. The molecule has 1 aromatic heterocycles. The molecular weight excluding hydrogens is 280 g/mol. The lowest BCUT2D eigenvalue weighted by molar-refractivity contribution is 1.08. The van der Waals surface area contributed by atoms with E-state index in [2.05, 4.69) is 9.97 Å². The normalized spacial score (nSPS) is 10.9. The third kappa shape index (κ3) is 2.92. The molecular formula is C16H16N4S. The van der Waals surface area contributed by atoms with Crippen molar-refractivity contribution < 1.29 is 0 Å². The molecule has 4 nitrogen and oxygen atoms in total. The second-order valence-corrected chi connectivity index (χ2v) is 5.87. The number of amidine groups is 1. The first kappa shape index (κ1) is 13.7. The molecule has 0 fully saturated rings. The van der Waals surface area contributed by atoms with Crippen LogP contribution in [0, 0.1) is 12.3 Å². The Morgan fingerprint density at radius 1 is 1.29 bits per heavy atom. The Hall–Kier alpha value is -2.27. The Labute approximate surface area is 127 Å². The number of rotatable bonds is 4. The molecule has 0 saturated carbocycles. The zero-order valence-electron chi connectivity index (χ0n) is 11.7. The Balaban J connectivity index is 1.76. The second-order valence-electron chi connectivity index (χ2n) is 4.90. The van der Waals surface area contributed by atoms with E-state index in [9.17, 15) is 0 Å². The van der Waals surface area contributed by atoms with Gasteiger partial charge in [0.25, 0.3) is 0 Å². The molecule has 0 aliphatic heterocycles. The van der Waals surface area contributed by atoms with Crippen LogP contribution >= 0.6 is 11.8 Å². The maximum absolute atomic E-state index is 7.46. The second kappa shape index (κ2) is 5.61. The molecule has 3 aromatic rings. The van der Waals surface area contributed by atoms with Crippen LogP contribution in [0.15, 0.2) is 47.6 Å². The van der Waals surface area contributed by atoms with Gasteiger partial charge >= 0.3 is 0 Å². The highest BCUT2D eigenvalue weighted by molar-refractivity contribution is 7.98. The van der Waals surface area contributed by atoms with Gasteiger partial charge in [0.2, 0.25) is 0 Å². The number of para-hydroxylation sites is 2. The summed E-state index contributed by atoms with van der Waals surface area (Å²) in [4.78, 5) is 7.87. The van der Waals surface area contributed by atoms with Crippen molar-refractivity contribution in [3.63, 3.8) is 0 Å². The number of hydrogen-bond acceptors (Lipinski definition) is 3. The average Bonchev–Trinajstić information content (AvgIpc) is 2.88. The SMILES string of the molecule is Cc1cc(C(=N)N)ccc1CSc1nc2ccccc2[nH]1. The summed E-state index contributed by atoms with van der Waals surface area (Å²) < 4.78 is 0. The van der Waals surface area contributed by atoms with Gasteiger partial charge in [0, 0.05) is 11.3 Å². The van der Waals surface area contributed by atoms with E-state index in [4.69, 9.17) is 11.1 Å². The van der Waals surface area contributed by atoms with E-state index in [1.165, 1.54) is 5.56 Å². The van der Waals surface area contributed by atoms with Crippen LogP contribution in [0.5, 0.6) is 0 Å². The molecule has 2 aromatic carbocycles. The average molecular weight is 296 g/mol. The molecule has 0 unspecified atom stereocenters. The number of nitrogens with two attached hydrogens (primary N) is 1. The fraction of sp³-hybridized carbons (Fsp3) is 0.125. The zero-order valence-corrected chi connectivity index (χ0v) is 12.5. The van der Waals surface area contributed by atoms with Gasteiger partial charge < -0.3 is 10.7 Å². The van der Waals surface area contributed by atoms with Crippen LogP contribution in [0.25, 0.3) is 11.0 Å². The summed E-state index contributed by atoms with van der Waals surface area (Å²) in [5.74, 6) is 0.943. The van der Waals surface area contributed by atoms with E-state index in [0.717, 1.165) is 33.1 Å². The van der Waals surface area contributed by atoms with Gasteiger partial charge in [-0.05, 0) is 36.2 Å². The molecule has 0 bridgehead atoms. The first-order valence-corrected chi connectivity index (χ1v) is 7.63. The number of nitrogens with one attached hydrogen (secondary N) is 2. The minimum Gasteiger partial charge on any atom is -0.384 e. The minimum absolute atomic E-state index is 0.106. The minimum atomic E-state index is 0.106. The van der Waals surface area contributed by atoms with Crippen LogP contribution < -0.4 is 5.73 Å². The molecule has 0 radical (unpaired) electrons. The van der Waals surface area contributed by atoms with E-state index in [-0.39, 0.29) is 5.84 Å². The topological polar surface area (TPSA) is 78.6 Å². The van der Waals surface area contributed by atoms with Crippen LogP contribution in [0.2, 0.25) is 0 Å². The molecule has 3 rings (SSSR count). The Bertz CT molecular complexity index is 774. The Morgan fingerprint density at radius 3 is 2.81 bits per heavy atom. The van der Waals surface area contributed by atoms with Gasteiger partial charge in [-0.2, -0.15) is 0 Å². The highest BCUT2D eigenvalue weighted by Gasteiger charge is 2.06. The summed E-state index contributed by atoms with van der Waals surface area (Å²) in [5.41, 5.74) is 10.7. The van der Waals surface area contributed by atoms with Crippen LogP contribution in [0.1, 0.15) is 16.7 Å². The van der Waals surface area contributed by atoms with E-state index >= 15 is 0 Å². The smallest absolute Gasteiger partial charge is 0.166 e. The maximum atomic E-state index is 7.46. The van der Waals surface area contributed by atoms with Crippen molar-refractivity contribution in [1.82, 2.24) is 9.97 Å². The molecule has 5 heteroatoms. The van der Waals surface area contributed by atoms with Gasteiger partial charge in [-0.1, -0.05) is 36.0 Å². The van der Waals surface area contributed by atoms with Gasteiger partial charge in [0.15, 0.2) is 5.16 Å². The number of aryl methyl sites for hydroxylation is 1. The van der Waals surface area contributed by atoms with Crippen LogP contribution in [0.3, 0.4) is 0 Å². The van der Waals surface area contributed by atoms with Crippen molar-refractivity contribution in [1.29, 1.82) is 5.41 Å². The van der Waals surface area contributed by atoms with Crippen LogP contribution in [0.4, 0.5) is 0 Å². The van der Waals surface area contributed by atoms with Crippen molar-refractivity contribution in [2.24, 2.45) is 5.73 Å². The number of nitrogen functional groups attached to an aromatic ring is 1. The molecule has 0 aliphatic carbocycles. The summed E-state index contributed by atoms with van der Waals surface area (Å²) in [7, 11) is 0. The molecule has 21 heavy (non-hydrogen) atoms. The van der Waals surface area contributed by atoms with Crippen molar-refractivity contribution in [2.75, 3.05) is 0 Å². The van der Waals surface area contributed by atoms with E-state index in [0.29, 0.717) is 0 Å². The lowest BCUT2D eigenvalue weighted by Gasteiger charge is -2.06. The van der Waals surface area contributed by atoms with Gasteiger partial charge in [0.05, 0.1) is 11.0 Å².